The van der Waals surface area contributed by atoms with E-state index in [0.717, 1.165) is 5.56 Å². The van der Waals surface area contributed by atoms with Crippen LogP contribution in [-0.2, 0) is 0 Å². The van der Waals surface area contributed by atoms with E-state index < -0.39 is 0 Å². The molecule has 0 nitrogen and oxygen atoms in total. The summed E-state index contributed by atoms with van der Waals surface area (Å²) in [5.74, 6) is -0.306. The Morgan fingerprint density at radius 3 is 2.64 bits per heavy atom. The molecule has 0 radical (unpaired) electrons. The van der Waals surface area contributed by atoms with Crippen LogP contribution in [0, 0.1) is 12.7 Å². The highest BCUT2D eigenvalue weighted by Crippen LogP contribution is 2.27. The van der Waals surface area contributed by atoms with Crippen molar-refractivity contribution in [1.29, 1.82) is 0 Å². The number of rotatable bonds is 1. The molecule has 0 saturated heterocycles. The van der Waals surface area contributed by atoms with Gasteiger partial charge in [-0.15, -0.1) is 11.8 Å². The van der Waals surface area contributed by atoms with Crippen LogP contribution >= 0.6 is 23.4 Å². The van der Waals surface area contributed by atoms with Crippen LogP contribution in [0.1, 0.15) is 5.56 Å². The first-order valence-corrected chi connectivity index (χ1v) is 4.75. The quantitative estimate of drug-likeness (QED) is 0.611. The fraction of sp³-hybridized carbons (Fsp3) is 0.250. The van der Waals surface area contributed by atoms with E-state index in [2.05, 4.69) is 0 Å². The Morgan fingerprint density at radius 1 is 1.45 bits per heavy atom. The normalized spacial score (nSPS) is 10.2. The maximum atomic E-state index is 13.1. The molecular weight excluding hydrogens is 183 g/mol. The zero-order chi connectivity index (χ0) is 8.43. The first-order chi connectivity index (χ1) is 5.16. The molecule has 0 N–H and O–H groups in total. The molecule has 0 amide bonds. The van der Waals surface area contributed by atoms with E-state index in [0.29, 0.717) is 4.90 Å². The number of halogens is 2. The van der Waals surface area contributed by atoms with Gasteiger partial charge in [0.2, 0.25) is 0 Å². The Labute approximate surface area is 74.8 Å². The molecule has 0 saturated carbocycles. The van der Waals surface area contributed by atoms with Crippen molar-refractivity contribution in [1.82, 2.24) is 0 Å². The smallest absolute Gasteiger partial charge is 0.155 e. The first-order valence-electron chi connectivity index (χ1n) is 3.15. The van der Waals surface area contributed by atoms with Crippen LogP contribution in [0.4, 0.5) is 4.39 Å². The monoisotopic (exact) mass is 190 g/mol. The zero-order valence-electron chi connectivity index (χ0n) is 6.32. The lowest BCUT2D eigenvalue weighted by Gasteiger charge is -2.02. The summed E-state index contributed by atoms with van der Waals surface area (Å²) in [4.78, 5) is 0.598. The molecule has 1 rings (SSSR count). The summed E-state index contributed by atoms with van der Waals surface area (Å²) in [5.41, 5.74) is 0.780. The van der Waals surface area contributed by atoms with Crippen LogP contribution in [0.25, 0.3) is 0 Å². The van der Waals surface area contributed by atoms with E-state index in [9.17, 15) is 4.39 Å². The van der Waals surface area contributed by atoms with E-state index in [4.69, 9.17) is 11.6 Å². The molecule has 0 spiro atoms. The lowest BCUT2D eigenvalue weighted by atomic mass is 10.2. The fourth-order valence-corrected chi connectivity index (χ4v) is 1.49. The van der Waals surface area contributed by atoms with Gasteiger partial charge in [-0.1, -0.05) is 17.7 Å². The Balaban J connectivity index is 3.25. The van der Waals surface area contributed by atoms with Crippen LogP contribution in [0.5, 0.6) is 0 Å². The highest BCUT2D eigenvalue weighted by molar-refractivity contribution is 7.98. The summed E-state index contributed by atoms with van der Waals surface area (Å²) in [6, 6.07) is 3.55. The predicted octanol–water partition coefficient (Wildman–Crippen LogP) is 3.51. The molecule has 0 aromatic heterocycles. The van der Waals surface area contributed by atoms with Gasteiger partial charge in [-0.05, 0) is 24.8 Å². The molecule has 0 aliphatic carbocycles. The van der Waals surface area contributed by atoms with Gasteiger partial charge < -0.3 is 0 Å². The minimum atomic E-state index is -0.306. The standard InChI is InChI=1S/C8H8ClFS/c1-5-3-4-6(11-2)8(10)7(5)9/h3-4H,1-2H3. The third-order valence-electron chi connectivity index (χ3n) is 1.46. The summed E-state index contributed by atoms with van der Waals surface area (Å²) >= 11 is 7.03. The van der Waals surface area contributed by atoms with Crippen molar-refractivity contribution >= 4 is 23.4 Å². The molecule has 0 fully saturated rings. The molecule has 60 valence electrons. The van der Waals surface area contributed by atoms with Gasteiger partial charge in [0.1, 0.15) is 0 Å². The van der Waals surface area contributed by atoms with Crippen LogP contribution < -0.4 is 0 Å². The second-order valence-corrected chi connectivity index (χ2v) is 3.44. The maximum Gasteiger partial charge on any atom is 0.155 e. The van der Waals surface area contributed by atoms with Crippen LogP contribution in [0.15, 0.2) is 17.0 Å². The lowest BCUT2D eigenvalue weighted by molar-refractivity contribution is 0.601. The highest BCUT2D eigenvalue weighted by Gasteiger charge is 2.07. The van der Waals surface area contributed by atoms with Gasteiger partial charge in [0.25, 0.3) is 0 Å². The van der Waals surface area contributed by atoms with Crippen molar-refractivity contribution in [3.8, 4) is 0 Å². The molecule has 1 aromatic carbocycles. The molecule has 0 heterocycles. The number of hydrogen-bond donors (Lipinski definition) is 0. The van der Waals surface area contributed by atoms with Gasteiger partial charge in [0.05, 0.1) is 5.02 Å². The van der Waals surface area contributed by atoms with Gasteiger partial charge in [-0.3, -0.25) is 0 Å². The van der Waals surface area contributed by atoms with E-state index in [1.807, 2.05) is 12.3 Å². The Bertz CT molecular complexity index is 273. The average molecular weight is 191 g/mol. The Hall–Kier alpha value is -0.210. The molecular formula is C8H8ClFS. The van der Waals surface area contributed by atoms with Crippen LogP contribution in [-0.4, -0.2) is 6.26 Å². The number of hydrogen-bond acceptors (Lipinski definition) is 1. The Kier molecular flexibility index (Phi) is 2.79. The summed E-state index contributed by atoms with van der Waals surface area (Å²) < 4.78 is 13.1. The predicted molar refractivity (Wildman–Crippen MR) is 47.9 cm³/mol. The van der Waals surface area contributed by atoms with E-state index in [1.54, 1.807) is 13.0 Å². The maximum absolute atomic E-state index is 13.1. The van der Waals surface area contributed by atoms with Gasteiger partial charge in [-0.2, -0.15) is 0 Å². The van der Waals surface area contributed by atoms with E-state index >= 15 is 0 Å². The number of aryl methyl sites for hydroxylation is 1. The minimum absolute atomic E-state index is 0.233. The topological polar surface area (TPSA) is 0 Å². The van der Waals surface area contributed by atoms with Gasteiger partial charge in [0, 0.05) is 4.90 Å². The summed E-state index contributed by atoms with van der Waals surface area (Å²) in [6.07, 6.45) is 1.82. The Morgan fingerprint density at radius 2 is 2.09 bits per heavy atom. The molecule has 0 aliphatic rings. The molecule has 0 unspecified atom stereocenters. The number of thioether (sulfide) groups is 1. The molecule has 0 atom stereocenters. The molecule has 11 heavy (non-hydrogen) atoms. The molecule has 0 aliphatic heterocycles. The van der Waals surface area contributed by atoms with E-state index in [-0.39, 0.29) is 10.8 Å². The average Bonchev–Trinajstić information content (AvgIpc) is 2.01. The van der Waals surface area contributed by atoms with Crippen molar-refractivity contribution in [2.75, 3.05) is 6.26 Å². The second kappa shape index (κ2) is 3.46. The first kappa shape index (κ1) is 8.88. The van der Waals surface area contributed by atoms with Crippen molar-refractivity contribution in [3.63, 3.8) is 0 Å². The number of benzene rings is 1. The third-order valence-corrected chi connectivity index (χ3v) is 2.68. The zero-order valence-corrected chi connectivity index (χ0v) is 7.89. The van der Waals surface area contributed by atoms with Gasteiger partial charge in [0.15, 0.2) is 5.82 Å². The molecule has 0 bridgehead atoms. The largest absolute Gasteiger partial charge is 0.204 e. The van der Waals surface area contributed by atoms with Crippen LogP contribution in [0.3, 0.4) is 0 Å². The van der Waals surface area contributed by atoms with Crippen molar-refractivity contribution in [3.05, 3.63) is 28.5 Å². The lowest BCUT2D eigenvalue weighted by Crippen LogP contribution is -1.84. The SMILES string of the molecule is CSc1ccc(C)c(Cl)c1F. The molecule has 3 heteroatoms. The van der Waals surface area contributed by atoms with Crippen LogP contribution in [0.2, 0.25) is 5.02 Å². The third kappa shape index (κ3) is 1.68. The summed E-state index contributed by atoms with van der Waals surface area (Å²) in [6.45, 7) is 1.79. The fourth-order valence-electron chi connectivity index (χ4n) is 0.786. The molecule has 1 aromatic rings. The van der Waals surface area contributed by atoms with Gasteiger partial charge in [-0.25, -0.2) is 4.39 Å². The summed E-state index contributed by atoms with van der Waals surface area (Å²) in [5, 5.41) is 0.233. The minimum Gasteiger partial charge on any atom is -0.204 e. The van der Waals surface area contributed by atoms with Crippen molar-refractivity contribution in [2.45, 2.75) is 11.8 Å². The van der Waals surface area contributed by atoms with E-state index in [1.165, 1.54) is 11.8 Å². The second-order valence-electron chi connectivity index (χ2n) is 2.21. The van der Waals surface area contributed by atoms with Gasteiger partial charge >= 0.3 is 0 Å². The van der Waals surface area contributed by atoms with Crippen molar-refractivity contribution in [2.24, 2.45) is 0 Å². The summed E-state index contributed by atoms with van der Waals surface area (Å²) in [7, 11) is 0. The van der Waals surface area contributed by atoms with Crippen molar-refractivity contribution < 1.29 is 4.39 Å². The highest BCUT2D eigenvalue weighted by atomic mass is 35.5.